The van der Waals surface area contributed by atoms with Crippen molar-refractivity contribution >= 4 is 14.5 Å². The highest BCUT2D eigenvalue weighted by atomic mass is 31.0. The molecule has 0 aliphatic carbocycles. The highest BCUT2D eigenvalue weighted by Gasteiger charge is 2.08. The fraction of sp³-hybridized carbons (Fsp3) is 0.231. The molecule has 2 atom stereocenters. The highest BCUT2D eigenvalue weighted by Crippen LogP contribution is 2.22. The van der Waals surface area contributed by atoms with Crippen molar-refractivity contribution in [3.05, 3.63) is 41.5 Å². The van der Waals surface area contributed by atoms with E-state index in [9.17, 15) is 0 Å². The van der Waals surface area contributed by atoms with E-state index >= 15 is 0 Å². The summed E-state index contributed by atoms with van der Waals surface area (Å²) in [5.74, 6) is 2.93. The summed E-state index contributed by atoms with van der Waals surface area (Å²) in [6, 6.07) is 8.29. The van der Waals surface area contributed by atoms with E-state index in [0.29, 0.717) is 0 Å². The third-order valence-corrected chi connectivity index (χ3v) is 2.73. The molecule has 0 spiro atoms. The quantitative estimate of drug-likeness (QED) is 0.393. The van der Waals surface area contributed by atoms with E-state index in [1.807, 2.05) is 6.92 Å². The van der Waals surface area contributed by atoms with E-state index in [2.05, 4.69) is 52.4 Å². The molecule has 0 N–H and O–H groups in total. The molecule has 0 nitrogen and oxygen atoms in total. The van der Waals surface area contributed by atoms with Gasteiger partial charge in [0.15, 0.2) is 0 Å². The standard InChI is InChI=1S/C13H15P/c1-4-10(3)13(5-2)11-6-8-12(14)9-7-11/h2,4,6-9,13H,14H2,1,3H3/b10-4-. The molecule has 0 amide bonds. The molecule has 72 valence electrons. The molecule has 0 aliphatic heterocycles. The van der Waals surface area contributed by atoms with Gasteiger partial charge in [-0.2, -0.15) is 0 Å². The molecule has 1 aromatic rings. The first kappa shape index (κ1) is 11.0. The van der Waals surface area contributed by atoms with Gasteiger partial charge >= 0.3 is 0 Å². The normalized spacial score (nSPS) is 13.4. The maximum Gasteiger partial charge on any atom is 0.0656 e. The van der Waals surface area contributed by atoms with Crippen LogP contribution in [0.15, 0.2) is 35.9 Å². The van der Waals surface area contributed by atoms with Crippen molar-refractivity contribution in [2.75, 3.05) is 0 Å². The topological polar surface area (TPSA) is 0 Å². The Morgan fingerprint density at radius 1 is 1.43 bits per heavy atom. The van der Waals surface area contributed by atoms with Crippen molar-refractivity contribution in [2.24, 2.45) is 0 Å². The molecule has 1 aromatic carbocycles. The predicted octanol–water partition coefficient (Wildman–Crippen LogP) is 2.87. The highest BCUT2D eigenvalue weighted by molar-refractivity contribution is 7.27. The summed E-state index contributed by atoms with van der Waals surface area (Å²) < 4.78 is 0. The van der Waals surface area contributed by atoms with Crippen molar-refractivity contribution < 1.29 is 0 Å². The van der Waals surface area contributed by atoms with Crippen LogP contribution in [0.25, 0.3) is 0 Å². The molecule has 0 saturated carbocycles. The van der Waals surface area contributed by atoms with E-state index in [1.54, 1.807) is 0 Å². The van der Waals surface area contributed by atoms with Crippen molar-refractivity contribution in [2.45, 2.75) is 19.8 Å². The van der Waals surface area contributed by atoms with Crippen LogP contribution in [0.4, 0.5) is 0 Å². The lowest BCUT2D eigenvalue weighted by Gasteiger charge is -2.11. The molecule has 1 heteroatoms. The average molecular weight is 202 g/mol. The summed E-state index contributed by atoms with van der Waals surface area (Å²) in [7, 11) is 2.67. The van der Waals surface area contributed by atoms with Gasteiger partial charge in [-0.25, -0.2) is 0 Å². The van der Waals surface area contributed by atoms with Crippen LogP contribution in [-0.4, -0.2) is 0 Å². The lowest BCUT2D eigenvalue weighted by Crippen LogP contribution is -1.99. The zero-order valence-electron chi connectivity index (χ0n) is 8.62. The molecule has 0 aromatic heterocycles. The zero-order valence-corrected chi connectivity index (χ0v) is 9.77. The van der Waals surface area contributed by atoms with Gasteiger partial charge in [0, 0.05) is 0 Å². The van der Waals surface area contributed by atoms with Crippen LogP contribution in [0.3, 0.4) is 0 Å². The molecule has 2 unspecified atom stereocenters. The summed E-state index contributed by atoms with van der Waals surface area (Å²) in [4.78, 5) is 0. The van der Waals surface area contributed by atoms with Gasteiger partial charge in [-0.15, -0.1) is 15.7 Å². The summed E-state index contributed by atoms with van der Waals surface area (Å²) in [5, 5.41) is 1.18. The zero-order chi connectivity index (χ0) is 10.6. The first-order valence-electron chi connectivity index (χ1n) is 4.63. The monoisotopic (exact) mass is 202 g/mol. The molecule has 1 rings (SSSR count). The Morgan fingerprint density at radius 3 is 2.43 bits per heavy atom. The van der Waals surface area contributed by atoms with Gasteiger partial charge in [-0.05, 0) is 24.7 Å². The van der Waals surface area contributed by atoms with Crippen LogP contribution in [0.5, 0.6) is 0 Å². The Balaban J connectivity index is 3.03. The minimum atomic E-state index is 0.116. The lowest BCUT2D eigenvalue weighted by atomic mass is 9.93. The Bertz CT molecular complexity index is 365. The van der Waals surface area contributed by atoms with Gasteiger partial charge in [0.2, 0.25) is 0 Å². The van der Waals surface area contributed by atoms with E-state index in [1.165, 1.54) is 16.4 Å². The van der Waals surface area contributed by atoms with Crippen LogP contribution in [0.2, 0.25) is 0 Å². The van der Waals surface area contributed by atoms with Crippen LogP contribution in [0, 0.1) is 12.3 Å². The summed E-state index contributed by atoms with van der Waals surface area (Å²) in [5.41, 5.74) is 2.42. The van der Waals surface area contributed by atoms with E-state index in [0.717, 1.165) is 0 Å². The molecular weight excluding hydrogens is 187 g/mol. The lowest BCUT2D eigenvalue weighted by molar-refractivity contribution is 1.02. The van der Waals surface area contributed by atoms with Gasteiger partial charge in [-0.3, -0.25) is 0 Å². The maximum atomic E-state index is 5.52. The summed E-state index contributed by atoms with van der Waals surface area (Å²) in [6.07, 6.45) is 7.59. The second-order valence-electron chi connectivity index (χ2n) is 3.30. The van der Waals surface area contributed by atoms with Gasteiger partial charge < -0.3 is 0 Å². The minimum absolute atomic E-state index is 0.116. The molecule has 0 bridgehead atoms. The molecule has 0 heterocycles. The van der Waals surface area contributed by atoms with E-state index in [-0.39, 0.29) is 5.92 Å². The first-order valence-corrected chi connectivity index (χ1v) is 5.21. The third kappa shape index (κ3) is 2.47. The van der Waals surface area contributed by atoms with Gasteiger partial charge in [0.05, 0.1) is 5.92 Å². The van der Waals surface area contributed by atoms with Crippen LogP contribution in [-0.2, 0) is 0 Å². The molecule has 0 fully saturated rings. The van der Waals surface area contributed by atoms with Gasteiger partial charge in [0.25, 0.3) is 0 Å². The molecule has 0 aliphatic rings. The molecular formula is C13H15P. The predicted molar refractivity (Wildman–Crippen MR) is 66.8 cm³/mol. The first-order chi connectivity index (χ1) is 6.69. The molecule has 14 heavy (non-hydrogen) atoms. The largest absolute Gasteiger partial charge is 0.119 e. The maximum absolute atomic E-state index is 5.52. The summed E-state index contributed by atoms with van der Waals surface area (Å²) >= 11 is 0. The second kappa shape index (κ2) is 4.99. The van der Waals surface area contributed by atoms with Crippen molar-refractivity contribution in [1.82, 2.24) is 0 Å². The fourth-order valence-corrected chi connectivity index (χ4v) is 1.54. The Kier molecular flexibility index (Phi) is 3.93. The van der Waals surface area contributed by atoms with Crippen LogP contribution in [0.1, 0.15) is 25.3 Å². The smallest absolute Gasteiger partial charge is 0.0656 e. The van der Waals surface area contributed by atoms with E-state index < -0.39 is 0 Å². The Hall–Kier alpha value is -1.05. The van der Waals surface area contributed by atoms with Crippen LogP contribution >= 0.6 is 9.24 Å². The van der Waals surface area contributed by atoms with Crippen molar-refractivity contribution in [3.63, 3.8) is 0 Å². The SMILES string of the molecule is C#CC(/C(C)=C\C)c1ccc(P)cc1. The Morgan fingerprint density at radius 2 is 2.00 bits per heavy atom. The van der Waals surface area contributed by atoms with Crippen molar-refractivity contribution in [3.8, 4) is 12.3 Å². The number of benzene rings is 1. The number of hydrogen-bond donors (Lipinski definition) is 0. The third-order valence-electron chi connectivity index (χ3n) is 2.35. The van der Waals surface area contributed by atoms with Crippen LogP contribution < -0.4 is 5.30 Å². The molecule has 0 radical (unpaired) electrons. The molecule has 0 saturated heterocycles. The van der Waals surface area contributed by atoms with Gasteiger partial charge in [0.1, 0.15) is 0 Å². The number of rotatable bonds is 2. The number of hydrogen-bond acceptors (Lipinski definition) is 0. The minimum Gasteiger partial charge on any atom is -0.119 e. The van der Waals surface area contributed by atoms with Gasteiger partial charge in [-0.1, -0.05) is 41.8 Å². The number of terminal acetylenes is 1. The second-order valence-corrected chi connectivity index (χ2v) is 3.97. The Labute approximate surface area is 88.6 Å². The van der Waals surface area contributed by atoms with Crippen molar-refractivity contribution in [1.29, 1.82) is 0 Å². The van der Waals surface area contributed by atoms with E-state index in [4.69, 9.17) is 6.42 Å². The number of allylic oxidation sites excluding steroid dienone is 2. The summed E-state index contributed by atoms with van der Waals surface area (Å²) in [6.45, 7) is 4.09. The fourth-order valence-electron chi connectivity index (χ4n) is 1.35. The average Bonchev–Trinajstić information content (AvgIpc) is 2.21.